The number of methoxy groups -OCH3 is 1. The van der Waals surface area contributed by atoms with Crippen molar-refractivity contribution in [1.82, 2.24) is 14.7 Å². The highest BCUT2D eigenvalue weighted by Gasteiger charge is 2.45. The van der Waals surface area contributed by atoms with Crippen LogP contribution in [0.1, 0.15) is 57.8 Å². The fourth-order valence-corrected chi connectivity index (χ4v) is 5.86. The molecule has 0 atom stereocenters. The summed E-state index contributed by atoms with van der Waals surface area (Å²) in [6, 6.07) is 15.7. The van der Waals surface area contributed by atoms with Crippen LogP contribution in [0.5, 0.6) is 5.75 Å². The highest BCUT2D eigenvalue weighted by Crippen LogP contribution is 2.49. The highest BCUT2D eigenvalue weighted by atomic mass is 32.1. The van der Waals surface area contributed by atoms with Crippen molar-refractivity contribution >= 4 is 30.5 Å². The number of benzene rings is 2. The number of nitrogens with zero attached hydrogens (tertiary/aromatic N) is 4. The van der Waals surface area contributed by atoms with Gasteiger partial charge in [-0.1, -0.05) is 12.1 Å². The second-order valence-corrected chi connectivity index (χ2v) is 10.4. The van der Waals surface area contributed by atoms with Crippen LogP contribution in [0, 0.1) is 0 Å². The topological polar surface area (TPSA) is 76.9 Å². The van der Waals surface area contributed by atoms with Crippen molar-refractivity contribution < 1.29 is 18.5 Å². The Balaban J connectivity index is 1.30. The molecule has 192 valence electrons. The first-order chi connectivity index (χ1) is 18.0. The van der Waals surface area contributed by atoms with Gasteiger partial charge in [0.15, 0.2) is 5.69 Å². The molecule has 1 saturated carbocycles. The smallest absolute Gasteiger partial charge is 0.370 e. The van der Waals surface area contributed by atoms with Gasteiger partial charge in [0, 0.05) is 42.7 Å². The summed E-state index contributed by atoms with van der Waals surface area (Å²) < 4.78 is 11.4. The van der Waals surface area contributed by atoms with Crippen molar-refractivity contribution in [2.75, 3.05) is 38.2 Å². The number of carbonyl (C=O) groups is 2. The lowest BCUT2D eigenvalue weighted by Gasteiger charge is -2.28. The molecule has 3 aliphatic rings. The van der Waals surface area contributed by atoms with E-state index in [4.69, 9.17) is 4.74 Å². The number of amides is 1. The number of ether oxygens (including phenoxy) is 1. The molecule has 1 aliphatic carbocycles. The van der Waals surface area contributed by atoms with Crippen LogP contribution in [0.15, 0.2) is 48.5 Å². The van der Waals surface area contributed by atoms with E-state index in [0.717, 1.165) is 12.2 Å². The third-order valence-electron chi connectivity index (χ3n) is 7.98. The van der Waals surface area contributed by atoms with Crippen LogP contribution in [0.25, 0.3) is 5.69 Å². The van der Waals surface area contributed by atoms with Crippen molar-refractivity contribution in [3.63, 3.8) is 0 Å². The predicted octanol–water partition coefficient (Wildman–Crippen LogP) is 4.21. The minimum absolute atomic E-state index is 0.113. The van der Waals surface area contributed by atoms with Crippen molar-refractivity contribution in [2.24, 2.45) is 0 Å². The molecular formula is C28H30N4O4S. The standard InChI is InChI=1S/C28H30N4O4S/c1-35-22-10-8-21(9-11-22)32-25-23(24(29-32)27(34)36-37)12-17-31(26(25)33)20-6-4-19(5-7-20)28(13-14-28)18-30-15-2-3-16-30/h4-11,37H,2-3,12-18H2,1H3. The van der Waals surface area contributed by atoms with Crippen LogP contribution in [0.4, 0.5) is 5.69 Å². The molecular weight excluding hydrogens is 488 g/mol. The molecule has 0 N–H and O–H groups in total. The van der Waals surface area contributed by atoms with E-state index >= 15 is 0 Å². The van der Waals surface area contributed by atoms with Crippen LogP contribution in [0.3, 0.4) is 0 Å². The average Bonchev–Trinajstić information content (AvgIpc) is 3.33. The highest BCUT2D eigenvalue weighted by molar-refractivity contribution is 7.75. The SMILES string of the molecule is COc1ccc(-n2nc(C(=O)OS)c3c2C(=O)N(c2ccc(C4(CN5CCCC5)CC4)cc2)CC3)cc1. The van der Waals surface area contributed by atoms with E-state index in [1.54, 1.807) is 36.3 Å². The maximum Gasteiger partial charge on any atom is 0.370 e. The first kappa shape index (κ1) is 24.1. The minimum Gasteiger partial charge on any atom is -0.497 e. The van der Waals surface area contributed by atoms with E-state index in [2.05, 4.69) is 51.4 Å². The monoisotopic (exact) mass is 518 g/mol. The largest absolute Gasteiger partial charge is 0.497 e. The number of aromatic nitrogens is 2. The molecule has 0 radical (unpaired) electrons. The molecule has 9 heteroatoms. The Labute approximate surface area is 221 Å². The molecule has 8 nitrogen and oxygen atoms in total. The van der Waals surface area contributed by atoms with Crippen molar-refractivity contribution in [2.45, 2.75) is 37.5 Å². The number of fused-ring (bicyclic) bond motifs is 1. The van der Waals surface area contributed by atoms with Gasteiger partial charge in [-0.15, -0.1) is 0 Å². The zero-order valence-corrected chi connectivity index (χ0v) is 21.7. The molecule has 3 aromatic rings. The minimum atomic E-state index is -0.676. The van der Waals surface area contributed by atoms with Gasteiger partial charge in [-0.3, -0.25) is 4.79 Å². The van der Waals surface area contributed by atoms with Crippen molar-refractivity contribution in [3.8, 4) is 11.4 Å². The lowest BCUT2D eigenvalue weighted by molar-refractivity contribution is 0.0764. The number of thiol groups is 1. The number of anilines is 1. The van der Waals surface area contributed by atoms with Gasteiger partial charge >= 0.3 is 5.97 Å². The quantitative estimate of drug-likeness (QED) is 0.373. The van der Waals surface area contributed by atoms with Gasteiger partial charge in [0.2, 0.25) is 0 Å². The van der Waals surface area contributed by atoms with E-state index in [0.29, 0.717) is 35.7 Å². The van der Waals surface area contributed by atoms with E-state index in [-0.39, 0.29) is 17.0 Å². The maximum atomic E-state index is 13.8. The molecule has 1 amide bonds. The van der Waals surface area contributed by atoms with Crippen LogP contribution in [0.2, 0.25) is 0 Å². The molecule has 2 aromatic carbocycles. The molecule has 0 unspecified atom stereocenters. The summed E-state index contributed by atoms with van der Waals surface area (Å²) in [5.41, 5.74) is 4.17. The molecule has 37 heavy (non-hydrogen) atoms. The molecule has 3 heterocycles. The van der Waals surface area contributed by atoms with Gasteiger partial charge in [-0.05, 0) is 87.2 Å². The Morgan fingerprint density at radius 3 is 2.30 bits per heavy atom. The van der Waals surface area contributed by atoms with Gasteiger partial charge in [-0.2, -0.15) is 5.10 Å². The third-order valence-corrected chi connectivity index (χ3v) is 8.15. The van der Waals surface area contributed by atoms with Crippen LogP contribution in [-0.2, 0) is 16.0 Å². The number of hydrogen-bond acceptors (Lipinski definition) is 7. The molecule has 6 rings (SSSR count). The van der Waals surface area contributed by atoms with Gasteiger partial charge < -0.3 is 18.7 Å². The van der Waals surface area contributed by atoms with Gasteiger partial charge in [0.1, 0.15) is 11.4 Å². The van der Waals surface area contributed by atoms with Crippen LogP contribution >= 0.6 is 12.9 Å². The Morgan fingerprint density at radius 1 is 1.00 bits per heavy atom. The summed E-state index contributed by atoms with van der Waals surface area (Å²) in [7, 11) is 1.59. The maximum absolute atomic E-state index is 13.8. The van der Waals surface area contributed by atoms with Crippen LogP contribution in [-0.4, -0.2) is 59.8 Å². The zero-order chi connectivity index (χ0) is 25.6. The van der Waals surface area contributed by atoms with Crippen molar-refractivity contribution in [3.05, 3.63) is 71.0 Å². The predicted molar refractivity (Wildman–Crippen MR) is 143 cm³/mol. The van der Waals surface area contributed by atoms with Crippen LogP contribution < -0.4 is 9.64 Å². The molecule has 2 aliphatic heterocycles. The zero-order valence-electron chi connectivity index (χ0n) is 20.9. The Hall–Kier alpha value is -3.30. The fraction of sp³-hybridized carbons (Fsp3) is 0.393. The Morgan fingerprint density at radius 2 is 1.68 bits per heavy atom. The summed E-state index contributed by atoms with van der Waals surface area (Å²) in [5.74, 6) is -0.190. The number of hydrogen-bond donors (Lipinski definition) is 1. The molecule has 1 aromatic heterocycles. The number of rotatable bonds is 7. The molecule has 0 bridgehead atoms. The van der Waals surface area contributed by atoms with E-state index in [1.165, 1.54) is 49.0 Å². The fourth-order valence-electron chi connectivity index (χ4n) is 5.78. The first-order valence-electron chi connectivity index (χ1n) is 12.8. The molecule has 0 spiro atoms. The van der Waals surface area contributed by atoms with E-state index in [9.17, 15) is 9.59 Å². The number of carbonyl (C=O) groups excluding carboxylic acids is 2. The molecule has 2 fully saturated rings. The summed E-state index contributed by atoms with van der Waals surface area (Å²) in [6.07, 6.45) is 5.53. The summed E-state index contributed by atoms with van der Waals surface area (Å²) in [5, 5.41) is 4.47. The van der Waals surface area contributed by atoms with Crippen molar-refractivity contribution in [1.29, 1.82) is 0 Å². The van der Waals surface area contributed by atoms with Gasteiger partial charge in [0.05, 0.1) is 12.8 Å². The van der Waals surface area contributed by atoms with Gasteiger partial charge in [0.25, 0.3) is 5.91 Å². The van der Waals surface area contributed by atoms with Gasteiger partial charge in [-0.25, -0.2) is 9.48 Å². The lowest BCUT2D eigenvalue weighted by atomic mass is 9.94. The second kappa shape index (κ2) is 9.54. The second-order valence-electron chi connectivity index (χ2n) is 10.2. The normalized spacial score (nSPS) is 18.5. The summed E-state index contributed by atoms with van der Waals surface area (Å²) in [4.78, 5) is 30.6. The summed E-state index contributed by atoms with van der Waals surface area (Å²) >= 11 is 3.68. The first-order valence-corrected chi connectivity index (χ1v) is 13.2. The Bertz CT molecular complexity index is 1330. The average molecular weight is 519 g/mol. The third kappa shape index (κ3) is 4.30. The van der Waals surface area contributed by atoms with E-state index < -0.39 is 5.97 Å². The lowest BCUT2D eigenvalue weighted by Crippen LogP contribution is -2.39. The summed E-state index contributed by atoms with van der Waals surface area (Å²) in [6.45, 7) is 3.98. The molecule has 1 saturated heterocycles. The number of likely N-dealkylation sites (tertiary alicyclic amines) is 1. The van der Waals surface area contributed by atoms with E-state index in [1.807, 2.05) is 0 Å². The Kier molecular flexibility index (Phi) is 6.20.